The minimum atomic E-state index is -0.150. The molecule has 2 rings (SSSR count). The molecule has 1 unspecified atom stereocenters. The summed E-state index contributed by atoms with van der Waals surface area (Å²) < 4.78 is 5.64. The highest BCUT2D eigenvalue weighted by atomic mass is 35.5. The molecule has 0 saturated carbocycles. The van der Waals surface area contributed by atoms with Crippen molar-refractivity contribution in [2.75, 3.05) is 11.6 Å². The maximum Gasteiger partial charge on any atom is 0.244 e. The van der Waals surface area contributed by atoms with E-state index in [1.165, 1.54) is 11.8 Å². The number of thioether (sulfide) groups is 1. The summed E-state index contributed by atoms with van der Waals surface area (Å²) in [6.45, 7) is 4.11. The Balaban J connectivity index is 2.27. The fourth-order valence-electron chi connectivity index (χ4n) is 1.52. The largest absolute Gasteiger partial charge is 0.441 e. The predicted octanol–water partition coefficient (Wildman–Crippen LogP) is 2.48. The summed E-state index contributed by atoms with van der Waals surface area (Å²) >= 11 is 7.45. The minimum Gasteiger partial charge on any atom is -0.441 e. The van der Waals surface area contributed by atoms with Crippen LogP contribution in [0, 0.1) is 0 Å². The molecule has 1 aromatic rings. The van der Waals surface area contributed by atoms with Crippen LogP contribution in [0.25, 0.3) is 0 Å². The number of hydrazone groups is 1. The Bertz CT molecular complexity index is 466. The van der Waals surface area contributed by atoms with E-state index >= 15 is 0 Å². The van der Waals surface area contributed by atoms with Crippen LogP contribution in [-0.2, 0) is 4.74 Å². The predicted molar refractivity (Wildman–Crippen MR) is 76.1 cm³/mol. The normalized spacial score (nSPS) is 18.3. The van der Waals surface area contributed by atoms with Gasteiger partial charge in [0.15, 0.2) is 0 Å². The summed E-state index contributed by atoms with van der Waals surface area (Å²) in [6.07, 6.45) is 3.61. The summed E-state index contributed by atoms with van der Waals surface area (Å²) in [5, 5.41) is 7.90. The van der Waals surface area contributed by atoms with Gasteiger partial charge >= 0.3 is 0 Å². The molecule has 0 bridgehead atoms. The molecule has 0 amide bonds. The molecule has 1 aromatic heterocycles. The smallest absolute Gasteiger partial charge is 0.244 e. The average molecular weight is 287 g/mol. The van der Waals surface area contributed by atoms with Crippen LogP contribution in [0.15, 0.2) is 17.4 Å². The monoisotopic (exact) mass is 286 g/mol. The quantitative estimate of drug-likeness (QED) is 0.833. The Morgan fingerprint density at radius 2 is 2.33 bits per heavy atom. The van der Waals surface area contributed by atoms with Gasteiger partial charge in [-0.25, -0.2) is 4.98 Å². The topological polar surface area (TPSA) is 58.5 Å². The van der Waals surface area contributed by atoms with E-state index in [9.17, 15) is 0 Å². The van der Waals surface area contributed by atoms with Crippen molar-refractivity contribution in [3.05, 3.63) is 23.0 Å². The van der Waals surface area contributed by atoms with Crippen LogP contribution in [0.4, 0.5) is 5.69 Å². The number of hydrogen-bond acceptors (Lipinski definition) is 6. The molecule has 0 fully saturated rings. The maximum absolute atomic E-state index is 5.91. The van der Waals surface area contributed by atoms with Crippen molar-refractivity contribution in [1.29, 1.82) is 0 Å². The first-order valence-corrected chi connectivity index (χ1v) is 7.22. The molecule has 2 N–H and O–H groups in total. The van der Waals surface area contributed by atoms with Gasteiger partial charge in [0.05, 0.1) is 11.3 Å². The second-order valence-corrected chi connectivity index (χ2v) is 5.37. The van der Waals surface area contributed by atoms with Gasteiger partial charge in [-0.2, -0.15) is 0 Å². The van der Waals surface area contributed by atoms with Crippen molar-refractivity contribution in [2.24, 2.45) is 5.10 Å². The summed E-state index contributed by atoms with van der Waals surface area (Å²) in [5.41, 5.74) is 4.41. The van der Waals surface area contributed by atoms with Crippen LogP contribution in [0.2, 0.25) is 5.15 Å². The summed E-state index contributed by atoms with van der Waals surface area (Å²) in [4.78, 5) is 4.07. The Kier molecular flexibility index (Phi) is 4.19. The van der Waals surface area contributed by atoms with E-state index in [2.05, 4.69) is 34.7 Å². The average Bonchev–Trinajstić information content (AvgIpc) is 2.77. The second kappa shape index (κ2) is 5.67. The molecule has 0 spiro atoms. The van der Waals surface area contributed by atoms with Gasteiger partial charge in [0.25, 0.3) is 0 Å². The lowest BCUT2D eigenvalue weighted by Gasteiger charge is -2.14. The third-order valence-corrected chi connectivity index (χ3v) is 3.09. The van der Waals surface area contributed by atoms with Gasteiger partial charge in [-0.3, -0.25) is 5.43 Å². The fourth-order valence-corrected chi connectivity index (χ4v) is 2.02. The van der Waals surface area contributed by atoms with Crippen molar-refractivity contribution in [2.45, 2.75) is 25.4 Å². The molecule has 0 aromatic carbocycles. The molecule has 0 aliphatic carbocycles. The van der Waals surface area contributed by atoms with Crippen molar-refractivity contribution >= 4 is 34.9 Å². The highest BCUT2D eigenvalue weighted by Crippen LogP contribution is 2.24. The summed E-state index contributed by atoms with van der Waals surface area (Å²) in [5.74, 6) is 0.529. The summed E-state index contributed by atoms with van der Waals surface area (Å²) in [7, 11) is 0. The lowest BCUT2D eigenvalue weighted by Crippen LogP contribution is -2.18. The van der Waals surface area contributed by atoms with Gasteiger partial charge < -0.3 is 10.1 Å². The molecular weight excluding hydrogens is 272 g/mol. The molecule has 7 heteroatoms. The Morgan fingerprint density at radius 3 is 2.94 bits per heavy atom. The van der Waals surface area contributed by atoms with Crippen LogP contribution in [0.1, 0.15) is 19.4 Å². The van der Waals surface area contributed by atoms with Gasteiger partial charge in [0, 0.05) is 12.2 Å². The van der Waals surface area contributed by atoms with Gasteiger partial charge in [-0.05, 0) is 26.2 Å². The van der Waals surface area contributed by atoms with Gasteiger partial charge in [-0.1, -0.05) is 23.4 Å². The van der Waals surface area contributed by atoms with Crippen LogP contribution < -0.4 is 10.7 Å². The molecule has 1 atom stereocenters. The van der Waals surface area contributed by atoms with Gasteiger partial charge in [-0.15, -0.1) is 5.10 Å². The number of rotatable bonds is 4. The van der Waals surface area contributed by atoms with Crippen molar-refractivity contribution < 1.29 is 4.74 Å². The Morgan fingerprint density at radius 1 is 1.56 bits per heavy atom. The number of pyridine rings is 1. The standard InChI is InChI=1S/C11H15ClN4OS/c1-6(2)14-8-4-9(12)13-5-7(8)10-15-16-11(17-10)18-3/h4-6,11,16H,1-3H3,(H,13,14). The van der Waals surface area contributed by atoms with E-state index in [1.807, 2.05) is 6.26 Å². The van der Waals surface area contributed by atoms with Crippen LogP contribution in [0.3, 0.4) is 0 Å². The van der Waals surface area contributed by atoms with E-state index in [0.29, 0.717) is 11.1 Å². The molecule has 1 aliphatic heterocycles. The van der Waals surface area contributed by atoms with Gasteiger partial charge in [0.2, 0.25) is 11.5 Å². The second-order valence-electron chi connectivity index (χ2n) is 4.08. The third kappa shape index (κ3) is 3.00. The zero-order valence-electron chi connectivity index (χ0n) is 10.4. The Labute approximate surface area is 115 Å². The van der Waals surface area contributed by atoms with E-state index < -0.39 is 0 Å². The van der Waals surface area contributed by atoms with Crippen LogP contribution >= 0.6 is 23.4 Å². The lowest BCUT2D eigenvalue weighted by atomic mass is 10.2. The van der Waals surface area contributed by atoms with E-state index in [4.69, 9.17) is 16.3 Å². The van der Waals surface area contributed by atoms with Crippen LogP contribution in [-0.4, -0.2) is 28.7 Å². The minimum absolute atomic E-state index is 0.150. The Hall–Kier alpha value is -1.14. The molecule has 98 valence electrons. The number of nitrogens with zero attached hydrogens (tertiary/aromatic N) is 2. The number of nitrogens with one attached hydrogen (secondary N) is 2. The molecule has 1 aliphatic rings. The van der Waals surface area contributed by atoms with Crippen LogP contribution in [0.5, 0.6) is 0 Å². The highest BCUT2D eigenvalue weighted by molar-refractivity contribution is 7.99. The van der Waals surface area contributed by atoms with Gasteiger partial charge in [0.1, 0.15) is 5.15 Å². The molecule has 18 heavy (non-hydrogen) atoms. The van der Waals surface area contributed by atoms with Crippen molar-refractivity contribution in [1.82, 2.24) is 10.4 Å². The summed E-state index contributed by atoms with van der Waals surface area (Å²) in [6, 6.07) is 2.06. The lowest BCUT2D eigenvalue weighted by molar-refractivity contribution is 0.281. The molecular formula is C11H15ClN4OS. The number of ether oxygens (including phenoxy) is 1. The molecule has 2 heterocycles. The van der Waals surface area contributed by atoms with E-state index in [0.717, 1.165) is 11.3 Å². The number of hydrogen-bond donors (Lipinski definition) is 2. The first-order valence-electron chi connectivity index (χ1n) is 5.55. The van der Waals surface area contributed by atoms with E-state index in [-0.39, 0.29) is 11.6 Å². The first-order chi connectivity index (χ1) is 8.60. The molecule has 0 radical (unpaired) electrons. The SMILES string of the molecule is CSC1NN=C(c2cnc(Cl)cc2NC(C)C)O1. The molecule has 5 nitrogen and oxygen atoms in total. The third-order valence-electron chi connectivity index (χ3n) is 2.25. The zero-order chi connectivity index (χ0) is 13.1. The number of anilines is 1. The van der Waals surface area contributed by atoms with Crippen molar-refractivity contribution in [3.8, 4) is 0 Å². The van der Waals surface area contributed by atoms with Crippen molar-refractivity contribution in [3.63, 3.8) is 0 Å². The van der Waals surface area contributed by atoms with E-state index in [1.54, 1.807) is 12.3 Å². The maximum atomic E-state index is 5.91. The number of aromatic nitrogens is 1. The zero-order valence-corrected chi connectivity index (χ0v) is 12.0. The fraction of sp³-hybridized carbons (Fsp3) is 0.455. The highest BCUT2D eigenvalue weighted by Gasteiger charge is 2.22. The number of halogens is 1. The molecule has 0 saturated heterocycles. The first kappa shape index (κ1) is 13.3.